The molecule has 0 N–H and O–H groups in total. The Labute approximate surface area is 87.3 Å². The van der Waals surface area contributed by atoms with Crippen LogP contribution in [0.3, 0.4) is 0 Å². The van der Waals surface area contributed by atoms with E-state index in [1.165, 1.54) is 11.3 Å². The molecule has 1 heterocycles. The van der Waals surface area contributed by atoms with Gasteiger partial charge in [0, 0.05) is 6.42 Å². The number of carbonyl (C=O) groups excluding carboxylic acids is 1. The Hall–Kier alpha value is -0.970. The van der Waals surface area contributed by atoms with Gasteiger partial charge >= 0.3 is 5.97 Å². The molecule has 1 aromatic rings. The lowest BCUT2D eigenvalue weighted by molar-refractivity contribution is 0.0525. The van der Waals surface area contributed by atoms with Crippen molar-refractivity contribution in [3.63, 3.8) is 0 Å². The number of nitrogens with zero attached hydrogens (tertiary/aromatic N) is 2. The van der Waals surface area contributed by atoms with E-state index >= 15 is 0 Å². The first-order chi connectivity index (χ1) is 6.77. The van der Waals surface area contributed by atoms with Crippen LogP contribution in [-0.2, 0) is 11.2 Å². The molecule has 0 atom stereocenters. The standard InChI is InChI=1S/C9H14N2O2S/c1-3-5-6-7-10-11-8(14-7)9(12)13-4-2/h3-6H2,1-2H3. The van der Waals surface area contributed by atoms with Crippen molar-refractivity contribution < 1.29 is 9.53 Å². The summed E-state index contributed by atoms with van der Waals surface area (Å²) in [6, 6.07) is 0. The quantitative estimate of drug-likeness (QED) is 0.704. The van der Waals surface area contributed by atoms with E-state index in [9.17, 15) is 4.79 Å². The molecule has 0 saturated carbocycles. The minimum Gasteiger partial charge on any atom is -0.461 e. The molecule has 1 aromatic heterocycles. The van der Waals surface area contributed by atoms with Crippen LogP contribution in [0.15, 0.2) is 0 Å². The number of rotatable bonds is 5. The van der Waals surface area contributed by atoms with Gasteiger partial charge in [0.05, 0.1) is 6.61 Å². The average molecular weight is 214 g/mol. The van der Waals surface area contributed by atoms with Crippen molar-refractivity contribution in [2.24, 2.45) is 0 Å². The van der Waals surface area contributed by atoms with Gasteiger partial charge in [-0.1, -0.05) is 24.7 Å². The zero-order valence-corrected chi connectivity index (χ0v) is 9.26. The summed E-state index contributed by atoms with van der Waals surface area (Å²) in [6.07, 6.45) is 3.10. The van der Waals surface area contributed by atoms with E-state index in [1.54, 1.807) is 6.92 Å². The summed E-state index contributed by atoms with van der Waals surface area (Å²) in [6.45, 7) is 4.27. The zero-order valence-electron chi connectivity index (χ0n) is 8.45. The van der Waals surface area contributed by atoms with Crippen LogP contribution >= 0.6 is 11.3 Å². The van der Waals surface area contributed by atoms with Gasteiger partial charge in [-0.3, -0.25) is 0 Å². The molecule has 0 amide bonds. The minimum absolute atomic E-state index is 0.359. The number of unbranched alkanes of at least 4 members (excludes halogenated alkanes) is 1. The van der Waals surface area contributed by atoms with Crippen molar-refractivity contribution in [3.8, 4) is 0 Å². The second-order valence-electron chi connectivity index (χ2n) is 2.82. The van der Waals surface area contributed by atoms with Crippen molar-refractivity contribution in [1.29, 1.82) is 0 Å². The van der Waals surface area contributed by atoms with Gasteiger partial charge in [-0.2, -0.15) is 0 Å². The fraction of sp³-hybridized carbons (Fsp3) is 0.667. The van der Waals surface area contributed by atoms with Gasteiger partial charge in [0.2, 0.25) is 5.01 Å². The summed E-state index contributed by atoms with van der Waals surface area (Å²) < 4.78 is 4.81. The van der Waals surface area contributed by atoms with E-state index in [2.05, 4.69) is 17.1 Å². The van der Waals surface area contributed by atoms with Crippen LogP contribution in [0, 0.1) is 0 Å². The normalized spacial score (nSPS) is 10.1. The molecule has 5 heteroatoms. The predicted octanol–water partition coefficient (Wildman–Crippen LogP) is 2.06. The first-order valence-electron chi connectivity index (χ1n) is 4.77. The summed E-state index contributed by atoms with van der Waals surface area (Å²) >= 11 is 1.32. The molecule has 0 aliphatic rings. The third-order valence-electron chi connectivity index (χ3n) is 1.66. The maximum atomic E-state index is 11.2. The van der Waals surface area contributed by atoms with Gasteiger partial charge in [0.1, 0.15) is 5.01 Å². The van der Waals surface area contributed by atoms with E-state index in [0.717, 1.165) is 24.3 Å². The van der Waals surface area contributed by atoms with Crippen LogP contribution in [-0.4, -0.2) is 22.8 Å². The SMILES string of the molecule is CCCCc1nnc(C(=O)OCC)s1. The first kappa shape index (κ1) is 11.1. The van der Waals surface area contributed by atoms with Crippen molar-refractivity contribution >= 4 is 17.3 Å². The highest BCUT2D eigenvalue weighted by atomic mass is 32.1. The second-order valence-corrected chi connectivity index (χ2v) is 3.89. The minimum atomic E-state index is -0.368. The summed E-state index contributed by atoms with van der Waals surface area (Å²) in [5.74, 6) is -0.368. The van der Waals surface area contributed by atoms with Gasteiger partial charge in [-0.25, -0.2) is 4.79 Å². The molecule has 0 saturated heterocycles. The Morgan fingerprint density at radius 1 is 1.43 bits per heavy atom. The highest BCUT2D eigenvalue weighted by molar-refractivity contribution is 7.13. The Morgan fingerprint density at radius 2 is 2.21 bits per heavy atom. The molecule has 0 radical (unpaired) electrons. The van der Waals surface area contributed by atoms with Gasteiger partial charge < -0.3 is 4.74 Å². The summed E-state index contributed by atoms with van der Waals surface area (Å²) in [4.78, 5) is 11.2. The summed E-state index contributed by atoms with van der Waals surface area (Å²) in [5, 5.41) is 8.98. The molecule has 0 spiro atoms. The number of aryl methyl sites for hydroxylation is 1. The Kier molecular flexibility index (Phi) is 4.52. The summed E-state index contributed by atoms with van der Waals surface area (Å²) in [5.41, 5.74) is 0. The van der Waals surface area contributed by atoms with Crippen LogP contribution < -0.4 is 0 Å². The second kappa shape index (κ2) is 5.70. The molecule has 1 rings (SSSR count). The van der Waals surface area contributed by atoms with Gasteiger partial charge in [-0.05, 0) is 13.3 Å². The van der Waals surface area contributed by atoms with Crippen LogP contribution in [0.5, 0.6) is 0 Å². The fourth-order valence-corrected chi connectivity index (χ4v) is 1.73. The molecule has 0 aromatic carbocycles. The number of hydrogen-bond acceptors (Lipinski definition) is 5. The van der Waals surface area contributed by atoms with E-state index in [-0.39, 0.29) is 5.97 Å². The lowest BCUT2D eigenvalue weighted by atomic mass is 10.3. The topological polar surface area (TPSA) is 52.1 Å². The smallest absolute Gasteiger partial charge is 0.369 e. The largest absolute Gasteiger partial charge is 0.461 e. The molecule has 78 valence electrons. The Balaban J connectivity index is 2.54. The number of hydrogen-bond donors (Lipinski definition) is 0. The molecule has 0 aliphatic heterocycles. The molecule has 0 fully saturated rings. The molecular formula is C9H14N2O2S. The lowest BCUT2D eigenvalue weighted by Gasteiger charge is -1.94. The molecule has 0 bridgehead atoms. The first-order valence-corrected chi connectivity index (χ1v) is 5.59. The molecular weight excluding hydrogens is 200 g/mol. The summed E-state index contributed by atoms with van der Waals surface area (Å²) in [7, 11) is 0. The van der Waals surface area contributed by atoms with Crippen molar-refractivity contribution in [3.05, 3.63) is 10.0 Å². The van der Waals surface area contributed by atoms with Crippen molar-refractivity contribution in [2.45, 2.75) is 33.1 Å². The van der Waals surface area contributed by atoms with Crippen LogP contribution in [0.2, 0.25) is 0 Å². The van der Waals surface area contributed by atoms with Gasteiger partial charge in [0.25, 0.3) is 0 Å². The highest BCUT2D eigenvalue weighted by Gasteiger charge is 2.12. The molecule has 0 unspecified atom stereocenters. The Morgan fingerprint density at radius 3 is 2.86 bits per heavy atom. The van der Waals surface area contributed by atoms with Crippen LogP contribution in [0.25, 0.3) is 0 Å². The average Bonchev–Trinajstić information content (AvgIpc) is 2.63. The number of esters is 1. The Bertz CT molecular complexity index is 299. The highest BCUT2D eigenvalue weighted by Crippen LogP contribution is 2.13. The number of aromatic nitrogens is 2. The van der Waals surface area contributed by atoms with Crippen molar-refractivity contribution in [1.82, 2.24) is 10.2 Å². The van der Waals surface area contributed by atoms with E-state index < -0.39 is 0 Å². The van der Waals surface area contributed by atoms with E-state index in [4.69, 9.17) is 4.74 Å². The van der Waals surface area contributed by atoms with Crippen LogP contribution in [0.1, 0.15) is 41.5 Å². The van der Waals surface area contributed by atoms with Gasteiger partial charge in [0.15, 0.2) is 0 Å². The van der Waals surface area contributed by atoms with E-state index in [1.807, 2.05) is 0 Å². The predicted molar refractivity (Wildman–Crippen MR) is 54.5 cm³/mol. The molecule has 0 aliphatic carbocycles. The number of carbonyl (C=O) groups is 1. The maximum absolute atomic E-state index is 11.2. The fourth-order valence-electron chi connectivity index (χ4n) is 0.958. The van der Waals surface area contributed by atoms with E-state index in [0.29, 0.717) is 11.6 Å². The van der Waals surface area contributed by atoms with Crippen molar-refractivity contribution in [2.75, 3.05) is 6.61 Å². The van der Waals surface area contributed by atoms with Crippen LogP contribution in [0.4, 0.5) is 0 Å². The third kappa shape index (κ3) is 3.06. The lowest BCUT2D eigenvalue weighted by Crippen LogP contribution is -2.03. The van der Waals surface area contributed by atoms with Gasteiger partial charge in [-0.15, -0.1) is 10.2 Å². The number of ether oxygens (including phenoxy) is 1. The zero-order chi connectivity index (χ0) is 10.4. The third-order valence-corrected chi connectivity index (χ3v) is 2.62. The monoisotopic (exact) mass is 214 g/mol. The molecule has 14 heavy (non-hydrogen) atoms. The molecule has 4 nitrogen and oxygen atoms in total. The maximum Gasteiger partial charge on any atom is 0.369 e.